The number of unbranched alkanes of at least 4 members (excludes halogenated alkanes) is 50. The van der Waals surface area contributed by atoms with E-state index < -0.39 is 12.1 Å². The molecule has 2 unspecified atom stereocenters. The lowest BCUT2D eigenvalue weighted by Crippen LogP contribution is -2.45. The van der Waals surface area contributed by atoms with Crippen LogP contribution in [0.4, 0.5) is 0 Å². The van der Waals surface area contributed by atoms with Crippen molar-refractivity contribution in [2.75, 3.05) is 13.2 Å². The average molecular weight is 1030 g/mol. The van der Waals surface area contributed by atoms with Gasteiger partial charge in [0.15, 0.2) is 0 Å². The Morgan fingerprint density at radius 1 is 0.370 bits per heavy atom. The van der Waals surface area contributed by atoms with Crippen molar-refractivity contribution in [2.45, 2.75) is 392 Å². The van der Waals surface area contributed by atoms with Crippen LogP contribution < -0.4 is 5.32 Å². The number of rotatable bonds is 63. The Hall–Kier alpha value is -1.40. The summed E-state index contributed by atoms with van der Waals surface area (Å²) in [4.78, 5) is 24.6. The van der Waals surface area contributed by atoms with Crippen molar-refractivity contribution in [3.63, 3.8) is 0 Å². The van der Waals surface area contributed by atoms with Crippen LogP contribution in [0.1, 0.15) is 380 Å². The van der Waals surface area contributed by atoms with Crippen molar-refractivity contribution >= 4 is 11.9 Å². The van der Waals surface area contributed by atoms with E-state index >= 15 is 0 Å². The summed E-state index contributed by atoms with van der Waals surface area (Å²) in [6.07, 6.45) is 76.7. The van der Waals surface area contributed by atoms with Crippen molar-refractivity contribution in [3.05, 3.63) is 12.2 Å². The van der Waals surface area contributed by atoms with Crippen LogP contribution in [0.5, 0.6) is 0 Å². The van der Waals surface area contributed by atoms with Crippen molar-refractivity contribution in [2.24, 2.45) is 0 Å². The van der Waals surface area contributed by atoms with Gasteiger partial charge in [0.05, 0.1) is 25.4 Å². The molecule has 0 rings (SSSR count). The van der Waals surface area contributed by atoms with E-state index in [4.69, 9.17) is 4.74 Å². The Kier molecular flexibility index (Phi) is 61.9. The zero-order chi connectivity index (χ0) is 52.9. The summed E-state index contributed by atoms with van der Waals surface area (Å²) in [7, 11) is 0. The molecule has 0 aromatic heterocycles. The highest BCUT2D eigenvalue weighted by Crippen LogP contribution is 2.18. The second kappa shape index (κ2) is 63.1. The van der Waals surface area contributed by atoms with E-state index in [1.165, 1.54) is 308 Å². The van der Waals surface area contributed by atoms with Crippen LogP contribution in [0.25, 0.3) is 0 Å². The molecule has 0 aliphatic carbocycles. The summed E-state index contributed by atoms with van der Waals surface area (Å²) in [5, 5.41) is 23.3. The maximum absolute atomic E-state index is 12.5. The molecule has 6 nitrogen and oxygen atoms in total. The van der Waals surface area contributed by atoms with Gasteiger partial charge >= 0.3 is 5.97 Å². The maximum Gasteiger partial charge on any atom is 0.305 e. The van der Waals surface area contributed by atoms with E-state index in [-0.39, 0.29) is 18.5 Å². The quantitative estimate of drug-likeness (QED) is 0.0320. The molecule has 0 aliphatic heterocycles. The van der Waals surface area contributed by atoms with Gasteiger partial charge in [0.2, 0.25) is 5.91 Å². The van der Waals surface area contributed by atoms with E-state index in [1.54, 1.807) is 0 Å². The first kappa shape index (κ1) is 71.6. The lowest BCUT2D eigenvalue weighted by atomic mass is 10.0. The zero-order valence-electron chi connectivity index (χ0n) is 49.6. The summed E-state index contributed by atoms with van der Waals surface area (Å²) in [5.74, 6) is -0.0144. The van der Waals surface area contributed by atoms with Gasteiger partial charge in [-0.2, -0.15) is 0 Å². The van der Waals surface area contributed by atoms with E-state index in [2.05, 4.69) is 31.3 Å². The van der Waals surface area contributed by atoms with Gasteiger partial charge < -0.3 is 20.3 Å². The standard InChI is InChI=1S/C67H131NO5/c1-3-5-7-9-11-13-15-17-18-33-37-41-45-49-53-57-61-67(72)73-62-58-54-50-46-42-38-34-31-29-27-25-23-21-19-20-22-24-26-28-30-32-36-40-44-48-52-56-60-66(71)68-64(63-69)65(70)59-55-51-47-43-39-35-16-14-12-10-8-6-4-2/h19-20,64-65,69-70H,3-18,21-63H2,1-2H3,(H,68,71)/b20-19-. The number of allylic oxidation sites excluding steroid dienone is 2. The second-order valence-corrected chi connectivity index (χ2v) is 23.2. The molecule has 3 N–H and O–H groups in total. The molecule has 73 heavy (non-hydrogen) atoms. The number of ether oxygens (including phenoxy) is 1. The van der Waals surface area contributed by atoms with Gasteiger partial charge in [0.25, 0.3) is 0 Å². The molecule has 2 atom stereocenters. The van der Waals surface area contributed by atoms with Gasteiger partial charge in [0.1, 0.15) is 0 Å². The summed E-state index contributed by atoms with van der Waals surface area (Å²) in [6, 6.07) is -0.540. The molecule has 0 aliphatic rings. The van der Waals surface area contributed by atoms with Gasteiger partial charge in [-0.25, -0.2) is 0 Å². The molecule has 0 saturated carbocycles. The lowest BCUT2D eigenvalue weighted by molar-refractivity contribution is -0.143. The van der Waals surface area contributed by atoms with Crippen LogP contribution in [0, 0.1) is 0 Å². The molecule has 6 heteroatoms. The minimum atomic E-state index is -0.663. The van der Waals surface area contributed by atoms with Gasteiger partial charge in [0, 0.05) is 12.8 Å². The number of carbonyl (C=O) groups excluding carboxylic acids is 2. The Morgan fingerprint density at radius 2 is 0.644 bits per heavy atom. The van der Waals surface area contributed by atoms with Crippen molar-refractivity contribution in [1.29, 1.82) is 0 Å². The van der Waals surface area contributed by atoms with Crippen LogP contribution in [-0.2, 0) is 14.3 Å². The van der Waals surface area contributed by atoms with Gasteiger partial charge in [-0.3, -0.25) is 9.59 Å². The highest BCUT2D eigenvalue weighted by Gasteiger charge is 2.20. The van der Waals surface area contributed by atoms with Crippen LogP contribution in [0.15, 0.2) is 12.2 Å². The number of esters is 1. The van der Waals surface area contributed by atoms with Crippen molar-refractivity contribution in [1.82, 2.24) is 5.32 Å². The van der Waals surface area contributed by atoms with Crippen molar-refractivity contribution < 1.29 is 24.5 Å². The molecule has 1 amide bonds. The van der Waals surface area contributed by atoms with Gasteiger partial charge in [-0.05, 0) is 51.4 Å². The van der Waals surface area contributed by atoms with Crippen LogP contribution >= 0.6 is 0 Å². The number of carbonyl (C=O) groups is 2. The number of aliphatic hydroxyl groups is 2. The Morgan fingerprint density at radius 3 is 0.973 bits per heavy atom. The molecule has 0 bridgehead atoms. The second-order valence-electron chi connectivity index (χ2n) is 23.2. The van der Waals surface area contributed by atoms with Crippen molar-refractivity contribution in [3.8, 4) is 0 Å². The number of amides is 1. The third-order valence-corrected chi connectivity index (χ3v) is 15.8. The summed E-state index contributed by atoms with van der Waals surface area (Å²) < 4.78 is 5.50. The summed E-state index contributed by atoms with van der Waals surface area (Å²) in [6.45, 7) is 4.98. The fourth-order valence-corrected chi connectivity index (χ4v) is 10.7. The third kappa shape index (κ3) is 59.7. The predicted molar refractivity (Wildman–Crippen MR) is 320 cm³/mol. The van der Waals surface area contributed by atoms with Gasteiger partial charge in [-0.15, -0.1) is 0 Å². The molecule has 0 heterocycles. The SMILES string of the molecule is CCCCCCCCCCCCCCCCCCC(=O)OCCCCCCCCCCCCCC/C=C\CCCCCCCCCCCCCC(=O)NC(CO)C(O)CCCCCCCCCCCCCCC. The molecule has 0 saturated heterocycles. The highest BCUT2D eigenvalue weighted by molar-refractivity contribution is 5.76. The lowest BCUT2D eigenvalue weighted by Gasteiger charge is -2.22. The first-order valence-electron chi connectivity index (χ1n) is 33.4. The average Bonchev–Trinajstić information content (AvgIpc) is 3.39. The number of hydrogen-bond donors (Lipinski definition) is 3. The van der Waals surface area contributed by atoms with E-state index in [9.17, 15) is 19.8 Å². The third-order valence-electron chi connectivity index (χ3n) is 15.8. The number of aliphatic hydroxyl groups excluding tert-OH is 2. The topological polar surface area (TPSA) is 95.9 Å². The fourth-order valence-electron chi connectivity index (χ4n) is 10.7. The van der Waals surface area contributed by atoms with Crippen LogP contribution in [0.3, 0.4) is 0 Å². The van der Waals surface area contributed by atoms with Crippen LogP contribution in [-0.4, -0.2) is 47.4 Å². The van der Waals surface area contributed by atoms with E-state index in [0.717, 1.165) is 38.5 Å². The normalized spacial score (nSPS) is 12.5. The first-order chi connectivity index (χ1) is 36.0. The minimum Gasteiger partial charge on any atom is -0.466 e. The van der Waals surface area contributed by atoms with E-state index in [1.807, 2.05) is 0 Å². The smallest absolute Gasteiger partial charge is 0.305 e. The molecule has 0 spiro atoms. The predicted octanol–water partition coefficient (Wildman–Crippen LogP) is 21.2. The Balaban J connectivity index is 3.35. The molecule has 0 fully saturated rings. The van der Waals surface area contributed by atoms with E-state index in [0.29, 0.717) is 25.9 Å². The minimum absolute atomic E-state index is 0.0194. The van der Waals surface area contributed by atoms with Gasteiger partial charge in [-0.1, -0.05) is 328 Å². The maximum atomic E-state index is 12.5. The largest absolute Gasteiger partial charge is 0.466 e. The number of hydrogen-bond acceptors (Lipinski definition) is 5. The Labute approximate surface area is 457 Å². The summed E-state index contributed by atoms with van der Waals surface area (Å²) >= 11 is 0. The molecule has 434 valence electrons. The molecule has 0 aromatic carbocycles. The monoisotopic (exact) mass is 1030 g/mol. The molecule has 0 radical (unpaired) electrons. The first-order valence-corrected chi connectivity index (χ1v) is 33.4. The molecular weight excluding hydrogens is 899 g/mol. The summed E-state index contributed by atoms with van der Waals surface area (Å²) in [5.41, 5.74) is 0. The Bertz CT molecular complexity index is 1100. The molecule has 0 aromatic rings. The molecular formula is C67H131NO5. The fraction of sp³-hybridized carbons (Fsp3) is 0.940. The highest BCUT2D eigenvalue weighted by atomic mass is 16.5. The van der Waals surface area contributed by atoms with Crippen LogP contribution in [0.2, 0.25) is 0 Å². The number of nitrogens with one attached hydrogen (secondary N) is 1. The zero-order valence-corrected chi connectivity index (χ0v) is 49.6.